The van der Waals surface area contributed by atoms with E-state index in [4.69, 9.17) is 0 Å². The first-order chi connectivity index (χ1) is 10.5. The van der Waals surface area contributed by atoms with Crippen molar-refractivity contribution >= 4 is 20.9 Å². The van der Waals surface area contributed by atoms with Crippen LogP contribution in [0.4, 0.5) is 0 Å². The first kappa shape index (κ1) is 20.7. The largest absolute Gasteiger partial charge is 1.00 e. The smallest absolute Gasteiger partial charge is 0.744 e. The van der Waals surface area contributed by atoms with Gasteiger partial charge in [-0.15, -0.1) is 0 Å². The standard InChI is InChI=1S/C18H24O3S.Na/c1-3-5-7-14-9-10-15(8-6-4-2)18-13-16(22(19,20)21)11-12-17(14)18;/h9-13H,3-8H2,1-2H3,(H,19,20,21);/q;+1/p-1. The molecule has 23 heavy (non-hydrogen) atoms. The van der Waals surface area contributed by atoms with E-state index in [-0.39, 0.29) is 34.5 Å². The first-order valence-electron chi connectivity index (χ1n) is 7.97. The van der Waals surface area contributed by atoms with Crippen molar-refractivity contribution in [1.82, 2.24) is 0 Å². The Bertz CT molecular complexity index is 754. The maximum absolute atomic E-state index is 11.3. The van der Waals surface area contributed by atoms with Gasteiger partial charge in [0.05, 0.1) is 4.90 Å². The van der Waals surface area contributed by atoms with E-state index < -0.39 is 10.1 Å². The van der Waals surface area contributed by atoms with Crippen molar-refractivity contribution in [1.29, 1.82) is 0 Å². The zero-order valence-corrected chi connectivity index (χ0v) is 17.1. The number of unbranched alkanes of at least 4 members (excludes halogenated alkanes) is 2. The SMILES string of the molecule is CCCCc1ccc(CCCC)c2cc(S(=O)(=O)[O-])ccc12.[Na+]. The van der Waals surface area contributed by atoms with E-state index in [2.05, 4.69) is 26.0 Å². The van der Waals surface area contributed by atoms with Crippen LogP contribution in [-0.2, 0) is 23.0 Å². The molecule has 0 unspecified atom stereocenters. The van der Waals surface area contributed by atoms with Crippen molar-refractivity contribution in [3.63, 3.8) is 0 Å². The van der Waals surface area contributed by atoms with E-state index in [1.807, 2.05) is 0 Å². The van der Waals surface area contributed by atoms with Crippen molar-refractivity contribution in [3.8, 4) is 0 Å². The molecule has 0 spiro atoms. The Morgan fingerprint density at radius 3 is 1.87 bits per heavy atom. The molecule has 2 aromatic carbocycles. The summed E-state index contributed by atoms with van der Waals surface area (Å²) in [6.45, 7) is 4.28. The van der Waals surface area contributed by atoms with Crippen LogP contribution in [0, 0.1) is 0 Å². The number of hydrogen-bond donors (Lipinski definition) is 0. The predicted octanol–water partition coefficient (Wildman–Crippen LogP) is 1.43. The van der Waals surface area contributed by atoms with Crippen LogP contribution in [0.2, 0.25) is 0 Å². The van der Waals surface area contributed by atoms with Crippen molar-refractivity contribution in [2.24, 2.45) is 0 Å². The van der Waals surface area contributed by atoms with E-state index in [0.29, 0.717) is 0 Å². The minimum absolute atomic E-state index is 0. The molecule has 0 bridgehead atoms. The maximum Gasteiger partial charge on any atom is 1.00 e. The first-order valence-corrected chi connectivity index (χ1v) is 9.38. The van der Waals surface area contributed by atoms with Crippen molar-refractivity contribution in [3.05, 3.63) is 41.5 Å². The van der Waals surface area contributed by atoms with Crippen molar-refractivity contribution in [2.45, 2.75) is 57.3 Å². The molecular weight excluding hydrogens is 319 g/mol. The average molecular weight is 342 g/mol. The van der Waals surface area contributed by atoms with E-state index in [1.54, 1.807) is 12.1 Å². The molecule has 0 amide bonds. The van der Waals surface area contributed by atoms with Crippen molar-refractivity contribution in [2.75, 3.05) is 0 Å². The quantitative estimate of drug-likeness (QED) is 0.565. The normalized spacial score (nSPS) is 11.4. The minimum atomic E-state index is -4.41. The van der Waals surface area contributed by atoms with Crippen molar-refractivity contribution < 1.29 is 42.5 Å². The van der Waals surface area contributed by atoms with Crippen LogP contribution in [-0.4, -0.2) is 13.0 Å². The Balaban J connectivity index is 0.00000264. The second-order valence-electron chi connectivity index (χ2n) is 5.75. The third-order valence-corrected chi connectivity index (χ3v) is 4.89. The zero-order chi connectivity index (χ0) is 16.2. The van der Waals surface area contributed by atoms with Gasteiger partial charge in [-0.1, -0.05) is 44.9 Å². The van der Waals surface area contributed by atoms with Gasteiger partial charge in [-0.3, -0.25) is 0 Å². The molecule has 0 aliphatic carbocycles. The molecule has 0 aliphatic heterocycles. The van der Waals surface area contributed by atoms with Crippen LogP contribution in [0.1, 0.15) is 50.7 Å². The van der Waals surface area contributed by atoms with Crippen LogP contribution in [0.15, 0.2) is 35.2 Å². The minimum Gasteiger partial charge on any atom is -0.744 e. The van der Waals surface area contributed by atoms with Gasteiger partial charge in [0.2, 0.25) is 0 Å². The third-order valence-electron chi connectivity index (χ3n) is 4.06. The maximum atomic E-state index is 11.3. The molecule has 0 radical (unpaired) electrons. The molecule has 0 heterocycles. The molecule has 3 nitrogen and oxygen atoms in total. The summed E-state index contributed by atoms with van der Waals surface area (Å²) in [6, 6.07) is 9.01. The van der Waals surface area contributed by atoms with E-state index in [9.17, 15) is 13.0 Å². The molecule has 120 valence electrons. The Kier molecular flexibility index (Phi) is 8.25. The fourth-order valence-corrected chi connectivity index (χ4v) is 3.27. The molecular formula is C18H23NaO3S. The average Bonchev–Trinajstić information content (AvgIpc) is 2.49. The molecule has 0 saturated heterocycles. The van der Waals surface area contributed by atoms with Crippen LogP contribution >= 0.6 is 0 Å². The molecule has 2 rings (SSSR count). The molecule has 0 fully saturated rings. The molecule has 2 aromatic rings. The number of fused-ring (bicyclic) bond motifs is 1. The Labute approximate surface area is 161 Å². The summed E-state index contributed by atoms with van der Waals surface area (Å²) in [5, 5.41) is 1.99. The summed E-state index contributed by atoms with van der Waals surface area (Å²) in [7, 11) is -4.41. The van der Waals surface area contributed by atoms with E-state index in [1.165, 1.54) is 11.6 Å². The van der Waals surface area contributed by atoms with Gasteiger partial charge in [-0.05, 0) is 59.7 Å². The van der Waals surface area contributed by atoms with Gasteiger partial charge in [0.1, 0.15) is 10.1 Å². The monoisotopic (exact) mass is 342 g/mol. The Hall–Kier alpha value is -0.390. The van der Waals surface area contributed by atoms with Gasteiger partial charge in [-0.25, -0.2) is 8.42 Å². The molecule has 0 atom stereocenters. The van der Waals surface area contributed by atoms with Gasteiger partial charge in [0.15, 0.2) is 0 Å². The summed E-state index contributed by atoms with van der Waals surface area (Å²) >= 11 is 0. The number of benzene rings is 2. The fourth-order valence-electron chi connectivity index (χ4n) is 2.78. The summed E-state index contributed by atoms with van der Waals surface area (Å²) in [4.78, 5) is -0.134. The number of aryl methyl sites for hydroxylation is 2. The van der Waals surface area contributed by atoms with Crippen LogP contribution in [0.25, 0.3) is 10.8 Å². The van der Waals surface area contributed by atoms with Gasteiger partial charge < -0.3 is 4.55 Å². The molecule has 0 N–H and O–H groups in total. The second kappa shape index (κ2) is 9.19. The van der Waals surface area contributed by atoms with Crippen LogP contribution in [0.3, 0.4) is 0 Å². The zero-order valence-electron chi connectivity index (χ0n) is 14.3. The van der Waals surface area contributed by atoms with Crippen LogP contribution < -0.4 is 29.6 Å². The van der Waals surface area contributed by atoms with Gasteiger partial charge >= 0.3 is 29.6 Å². The Morgan fingerprint density at radius 1 is 0.870 bits per heavy atom. The van der Waals surface area contributed by atoms with Gasteiger partial charge in [-0.2, -0.15) is 0 Å². The summed E-state index contributed by atoms with van der Waals surface area (Å²) < 4.78 is 33.9. The molecule has 0 saturated carbocycles. The Morgan fingerprint density at radius 2 is 1.39 bits per heavy atom. The third kappa shape index (κ3) is 5.30. The number of rotatable bonds is 7. The second-order valence-corrected chi connectivity index (χ2v) is 7.13. The van der Waals surface area contributed by atoms with Crippen LogP contribution in [0.5, 0.6) is 0 Å². The summed E-state index contributed by atoms with van der Waals surface area (Å²) in [6.07, 6.45) is 6.24. The van der Waals surface area contributed by atoms with Gasteiger partial charge in [0, 0.05) is 0 Å². The molecule has 0 aliphatic rings. The molecule has 0 aromatic heterocycles. The fraction of sp³-hybridized carbons (Fsp3) is 0.444. The predicted molar refractivity (Wildman–Crippen MR) is 89.1 cm³/mol. The number of hydrogen-bond acceptors (Lipinski definition) is 3. The summed E-state index contributed by atoms with van der Waals surface area (Å²) in [5.41, 5.74) is 2.36. The van der Waals surface area contributed by atoms with E-state index >= 15 is 0 Å². The topological polar surface area (TPSA) is 57.2 Å². The van der Waals surface area contributed by atoms with Gasteiger partial charge in [0.25, 0.3) is 0 Å². The summed E-state index contributed by atoms with van der Waals surface area (Å²) in [5.74, 6) is 0. The molecule has 5 heteroatoms. The van der Waals surface area contributed by atoms with E-state index in [0.717, 1.165) is 54.9 Å².